The molecule has 0 aliphatic carbocycles. The summed E-state index contributed by atoms with van der Waals surface area (Å²) in [7, 11) is -3.80. The highest BCUT2D eigenvalue weighted by molar-refractivity contribution is 7.92. The van der Waals surface area contributed by atoms with Crippen molar-refractivity contribution in [3.8, 4) is 0 Å². The molecule has 0 saturated carbocycles. The summed E-state index contributed by atoms with van der Waals surface area (Å²) >= 11 is 0. The minimum Gasteiger partial charge on any atom is -0.354 e. The Labute approximate surface area is 220 Å². The highest BCUT2D eigenvalue weighted by atomic mass is 32.2. The molecule has 0 spiro atoms. The van der Waals surface area contributed by atoms with Crippen LogP contribution in [0, 0.1) is 6.92 Å². The number of hydrogen-bond acceptors (Lipinski definition) is 4. The number of nitrogens with one attached hydrogen (secondary N) is 1. The molecule has 2 amide bonds. The minimum absolute atomic E-state index is 0.207. The Hall–Kier alpha value is -3.39. The van der Waals surface area contributed by atoms with Crippen LogP contribution in [0.1, 0.15) is 44.2 Å². The maximum atomic E-state index is 13.9. The van der Waals surface area contributed by atoms with Gasteiger partial charge in [0.2, 0.25) is 21.8 Å². The molecule has 0 saturated heterocycles. The van der Waals surface area contributed by atoms with Gasteiger partial charge in [-0.15, -0.1) is 0 Å². The maximum absolute atomic E-state index is 13.9. The first-order chi connectivity index (χ1) is 17.7. The summed E-state index contributed by atoms with van der Waals surface area (Å²) in [5.41, 5.74) is 2.34. The van der Waals surface area contributed by atoms with Crippen LogP contribution >= 0.6 is 0 Å². The molecule has 0 bridgehead atoms. The number of carbonyl (C=O) groups is 2. The quantitative estimate of drug-likeness (QED) is 0.351. The van der Waals surface area contributed by atoms with E-state index in [1.165, 1.54) is 4.90 Å². The molecule has 37 heavy (non-hydrogen) atoms. The van der Waals surface area contributed by atoms with Crippen molar-refractivity contribution < 1.29 is 18.0 Å². The molecule has 3 aromatic rings. The van der Waals surface area contributed by atoms with Crippen molar-refractivity contribution in [3.63, 3.8) is 0 Å². The van der Waals surface area contributed by atoms with E-state index in [0.717, 1.165) is 45.3 Å². The number of unbranched alkanes of at least 4 members (excludes halogenated alkanes) is 1. The number of aryl methyl sites for hydroxylation is 1. The zero-order valence-electron chi connectivity index (χ0n) is 22.1. The largest absolute Gasteiger partial charge is 0.354 e. The molecule has 0 unspecified atom stereocenters. The third-order valence-corrected chi connectivity index (χ3v) is 7.66. The molecule has 7 nitrogen and oxygen atoms in total. The molecule has 198 valence electrons. The number of benzene rings is 3. The fourth-order valence-corrected chi connectivity index (χ4v) is 5.28. The molecule has 0 aliphatic heterocycles. The Bertz CT molecular complexity index is 1330. The molecule has 1 N–H and O–H groups in total. The fourth-order valence-electron chi connectivity index (χ4n) is 4.42. The van der Waals surface area contributed by atoms with E-state index in [0.29, 0.717) is 18.7 Å². The van der Waals surface area contributed by atoms with Crippen molar-refractivity contribution >= 4 is 38.3 Å². The minimum atomic E-state index is -3.80. The summed E-state index contributed by atoms with van der Waals surface area (Å²) < 4.78 is 27.1. The first-order valence-corrected chi connectivity index (χ1v) is 14.6. The number of amides is 2. The SMILES string of the molecule is CCCCNC(=O)[C@H](CC)N(Cc1ccccc1C)C(=O)CN(c1cccc2ccccc12)S(C)(=O)=O. The van der Waals surface area contributed by atoms with E-state index >= 15 is 0 Å². The maximum Gasteiger partial charge on any atom is 0.244 e. The lowest BCUT2D eigenvalue weighted by Gasteiger charge is -2.33. The number of fused-ring (bicyclic) bond motifs is 1. The zero-order chi connectivity index (χ0) is 27.0. The van der Waals surface area contributed by atoms with Gasteiger partial charge in [-0.1, -0.05) is 80.9 Å². The topological polar surface area (TPSA) is 86.8 Å². The van der Waals surface area contributed by atoms with Crippen molar-refractivity contribution in [2.75, 3.05) is 23.7 Å². The third-order valence-electron chi connectivity index (χ3n) is 6.53. The second-order valence-corrected chi connectivity index (χ2v) is 11.2. The number of rotatable bonds is 12. The number of nitrogens with zero attached hydrogens (tertiary/aromatic N) is 2. The summed E-state index contributed by atoms with van der Waals surface area (Å²) in [6.07, 6.45) is 3.29. The van der Waals surface area contributed by atoms with Crippen LogP contribution < -0.4 is 9.62 Å². The Balaban J connectivity index is 2.00. The van der Waals surface area contributed by atoms with E-state index in [2.05, 4.69) is 5.32 Å². The number of hydrogen-bond donors (Lipinski definition) is 1. The van der Waals surface area contributed by atoms with Crippen LogP contribution in [0.3, 0.4) is 0 Å². The highest BCUT2D eigenvalue weighted by Gasteiger charge is 2.32. The van der Waals surface area contributed by atoms with Crippen LogP contribution in [-0.4, -0.2) is 50.5 Å². The van der Waals surface area contributed by atoms with E-state index < -0.39 is 28.5 Å². The number of carbonyl (C=O) groups excluding carboxylic acids is 2. The summed E-state index contributed by atoms with van der Waals surface area (Å²) in [5, 5.41) is 4.55. The van der Waals surface area contributed by atoms with Gasteiger partial charge in [0.1, 0.15) is 12.6 Å². The molecule has 0 aromatic heterocycles. The lowest BCUT2D eigenvalue weighted by molar-refractivity contribution is -0.140. The van der Waals surface area contributed by atoms with Crippen LogP contribution in [0.25, 0.3) is 10.8 Å². The Morgan fingerprint density at radius 3 is 2.30 bits per heavy atom. The van der Waals surface area contributed by atoms with Crippen LogP contribution in [-0.2, 0) is 26.2 Å². The van der Waals surface area contributed by atoms with E-state index in [1.807, 2.05) is 75.4 Å². The van der Waals surface area contributed by atoms with Crippen LogP contribution in [0.4, 0.5) is 5.69 Å². The van der Waals surface area contributed by atoms with E-state index in [-0.39, 0.29) is 12.5 Å². The Morgan fingerprint density at radius 1 is 0.946 bits per heavy atom. The smallest absolute Gasteiger partial charge is 0.244 e. The van der Waals surface area contributed by atoms with Crippen LogP contribution in [0.5, 0.6) is 0 Å². The van der Waals surface area contributed by atoms with Gasteiger partial charge in [0.15, 0.2) is 0 Å². The molecule has 0 aliphatic rings. The van der Waals surface area contributed by atoms with Crippen molar-refractivity contribution in [2.45, 2.75) is 52.6 Å². The lowest BCUT2D eigenvalue weighted by Crippen LogP contribution is -2.52. The van der Waals surface area contributed by atoms with Gasteiger partial charge >= 0.3 is 0 Å². The van der Waals surface area contributed by atoms with Crippen molar-refractivity contribution in [3.05, 3.63) is 77.9 Å². The van der Waals surface area contributed by atoms with Gasteiger partial charge in [0.25, 0.3) is 0 Å². The summed E-state index contributed by atoms with van der Waals surface area (Å²) in [5.74, 6) is -0.659. The third kappa shape index (κ3) is 7.10. The predicted octanol–water partition coefficient (Wildman–Crippen LogP) is 4.64. The van der Waals surface area contributed by atoms with Crippen LogP contribution in [0.2, 0.25) is 0 Å². The van der Waals surface area contributed by atoms with Crippen molar-refractivity contribution in [1.29, 1.82) is 0 Å². The lowest BCUT2D eigenvalue weighted by atomic mass is 10.1. The second-order valence-electron chi connectivity index (χ2n) is 9.28. The number of sulfonamides is 1. The predicted molar refractivity (Wildman–Crippen MR) is 150 cm³/mol. The van der Waals surface area contributed by atoms with Crippen molar-refractivity contribution in [1.82, 2.24) is 10.2 Å². The van der Waals surface area contributed by atoms with Crippen molar-refractivity contribution in [2.24, 2.45) is 0 Å². The summed E-state index contributed by atoms with van der Waals surface area (Å²) in [6, 6.07) is 19.8. The normalized spacial score (nSPS) is 12.2. The van der Waals surface area contributed by atoms with Crippen LogP contribution in [0.15, 0.2) is 66.7 Å². The van der Waals surface area contributed by atoms with Gasteiger partial charge in [-0.05, 0) is 42.3 Å². The van der Waals surface area contributed by atoms with Gasteiger partial charge in [0.05, 0.1) is 11.9 Å². The van der Waals surface area contributed by atoms with Gasteiger partial charge in [-0.25, -0.2) is 8.42 Å². The molecular weight excluding hydrogens is 486 g/mol. The first-order valence-electron chi connectivity index (χ1n) is 12.7. The zero-order valence-corrected chi connectivity index (χ0v) is 22.9. The molecule has 1 atom stereocenters. The molecule has 0 radical (unpaired) electrons. The summed E-state index contributed by atoms with van der Waals surface area (Å²) in [4.78, 5) is 28.6. The molecule has 3 rings (SSSR count). The molecular formula is C29H37N3O4S. The van der Waals surface area contributed by atoms with Gasteiger partial charge in [-0.2, -0.15) is 0 Å². The Kier molecular flexibility index (Phi) is 9.69. The molecule has 0 fully saturated rings. The molecule has 3 aromatic carbocycles. The monoisotopic (exact) mass is 523 g/mol. The Morgan fingerprint density at radius 2 is 1.62 bits per heavy atom. The first kappa shape index (κ1) is 28.2. The number of anilines is 1. The van der Waals surface area contributed by atoms with E-state index in [4.69, 9.17) is 0 Å². The highest BCUT2D eigenvalue weighted by Crippen LogP contribution is 2.29. The average Bonchev–Trinajstić information content (AvgIpc) is 2.87. The van der Waals surface area contributed by atoms with E-state index in [9.17, 15) is 18.0 Å². The van der Waals surface area contributed by atoms with Gasteiger partial charge < -0.3 is 10.2 Å². The van der Waals surface area contributed by atoms with Gasteiger partial charge in [0, 0.05) is 18.5 Å². The molecule has 8 heteroatoms. The van der Waals surface area contributed by atoms with Gasteiger partial charge in [-0.3, -0.25) is 13.9 Å². The average molecular weight is 524 g/mol. The standard InChI is InChI=1S/C29H37N3O4S/c1-5-7-19-30-29(34)26(6-2)31(20-24-15-9-8-13-22(24)3)28(33)21-32(37(4,35)36)27-18-12-16-23-14-10-11-17-25(23)27/h8-18,26H,5-7,19-21H2,1-4H3,(H,30,34)/t26-/m0/s1. The fraction of sp³-hybridized carbons (Fsp3) is 0.379. The van der Waals surface area contributed by atoms with E-state index in [1.54, 1.807) is 12.1 Å². The molecule has 0 heterocycles. The summed E-state index contributed by atoms with van der Waals surface area (Å²) in [6.45, 7) is 6.20. The second kappa shape index (κ2) is 12.7.